The van der Waals surface area contributed by atoms with E-state index in [1.165, 1.54) is 0 Å². The molecule has 264 valence electrons. The van der Waals surface area contributed by atoms with E-state index >= 15 is 0 Å². The first-order chi connectivity index (χ1) is 23.0. The topological polar surface area (TPSA) is 105 Å². The van der Waals surface area contributed by atoms with Crippen LogP contribution in [-0.4, -0.2) is 110 Å². The van der Waals surface area contributed by atoms with Crippen molar-refractivity contribution in [3.8, 4) is 22.5 Å². The molecular weight excluding hydrogens is 606 g/mol. The fourth-order valence-electron chi connectivity index (χ4n) is 5.63. The van der Waals surface area contributed by atoms with Gasteiger partial charge in [0.05, 0.1) is 44.3 Å². The molecule has 2 aromatic carbocycles. The van der Waals surface area contributed by atoms with Crippen LogP contribution in [-0.2, 0) is 32.2 Å². The molecule has 3 aromatic rings. The minimum atomic E-state index is -0.175. The molecule has 2 amide bonds. The van der Waals surface area contributed by atoms with Crippen LogP contribution in [0.25, 0.3) is 22.5 Å². The molecule has 2 heterocycles. The van der Waals surface area contributed by atoms with Crippen LogP contribution in [0.5, 0.6) is 0 Å². The summed E-state index contributed by atoms with van der Waals surface area (Å²) in [5, 5.41) is 12.2. The average molecular weight is 664 g/mol. The standard InChI is InChI=1S/C37H55N7O4.H2/c1-37(2,3)18-24-47-26-27-48-25-19-38-33(45)16-17-34(46)43-28-29-12-7-8-13-30(29)36-35(31-14-9-10-15-32(31)43)39-40-44(36)23-22-42(6)21-11-20-41(4)5;/h7-10,12-15H,11,16-28H2,1-6H3,(H,38,45);1H. The van der Waals surface area contributed by atoms with Crippen LogP contribution < -0.4 is 10.2 Å². The van der Waals surface area contributed by atoms with Crippen molar-refractivity contribution < 1.29 is 20.5 Å². The number of benzene rings is 2. The van der Waals surface area contributed by atoms with Crippen molar-refractivity contribution in [2.45, 2.75) is 59.5 Å². The first-order valence-corrected chi connectivity index (χ1v) is 17.2. The summed E-state index contributed by atoms with van der Waals surface area (Å²) in [4.78, 5) is 32.7. The van der Waals surface area contributed by atoms with Gasteiger partial charge < -0.3 is 29.5 Å². The first kappa shape index (κ1) is 37.2. The van der Waals surface area contributed by atoms with E-state index in [9.17, 15) is 9.59 Å². The molecular formula is C37H57N7O4. The minimum Gasteiger partial charge on any atom is -0.379 e. The summed E-state index contributed by atoms with van der Waals surface area (Å²) in [6.07, 6.45) is 2.28. The molecule has 11 heteroatoms. The van der Waals surface area contributed by atoms with Gasteiger partial charge in [-0.2, -0.15) is 0 Å². The zero-order valence-electron chi connectivity index (χ0n) is 29.8. The molecule has 0 radical (unpaired) electrons. The predicted molar refractivity (Wildman–Crippen MR) is 193 cm³/mol. The summed E-state index contributed by atoms with van der Waals surface area (Å²) < 4.78 is 13.2. The number of nitrogens with zero attached hydrogens (tertiary/aromatic N) is 6. The van der Waals surface area contributed by atoms with Crippen molar-refractivity contribution in [3.63, 3.8) is 0 Å². The molecule has 0 spiro atoms. The summed E-state index contributed by atoms with van der Waals surface area (Å²) >= 11 is 0. The number of likely N-dealkylation sites (N-methyl/N-ethyl adjacent to an activating group) is 1. The number of aromatic nitrogens is 3. The summed E-state index contributed by atoms with van der Waals surface area (Å²) in [6, 6.07) is 16.0. The van der Waals surface area contributed by atoms with Gasteiger partial charge in [0, 0.05) is 45.1 Å². The second-order valence-corrected chi connectivity index (χ2v) is 14.0. The Bertz CT molecular complexity index is 1470. The van der Waals surface area contributed by atoms with Gasteiger partial charge in [-0.3, -0.25) is 9.59 Å². The molecule has 1 aromatic heterocycles. The van der Waals surface area contributed by atoms with Gasteiger partial charge in [-0.1, -0.05) is 68.4 Å². The lowest BCUT2D eigenvalue weighted by Gasteiger charge is -2.28. The molecule has 0 bridgehead atoms. The van der Waals surface area contributed by atoms with Crippen LogP contribution in [0, 0.1) is 5.41 Å². The highest BCUT2D eigenvalue weighted by Gasteiger charge is 2.29. The lowest BCUT2D eigenvalue weighted by molar-refractivity contribution is -0.125. The lowest BCUT2D eigenvalue weighted by Crippen LogP contribution is -2.34. The number of nitrogens with one attached hydrogen (secondary N) is 1. The van der Waals surface area contributed by atoms with Crippen molar-refractivity contribution in [2.24, 2.45) is 5.41 Å². The van der Waals surface area contributed by atoms with Crippen molar-refractivity contribution in [1.29, 1.82) is 0 Å². The second-order valence-electron chi connectivity index (χ2n) is 14.0. The molecule has 0 saturated carbocycles. The first-order valence-electron chi connectivity index (χ1n) is 17.2. The molecule has 0 unspecified atom stereocenters. The Kier molecular flexibility index (Phi) is 14.1. The third-order valence-electron chi connectivity index (χ3n) is 8.43. The number of amides is 2. The fourth-order valence-corrected chi connectivity index (χ4v) is 5.63. The number of carbonyl (C=O) groups excluding carboxylic acids is 2. The Balaban J connectivity index is 0.00000650. The maximum Gasteiger partial charge on any atom is 0.227 e. The smallest absolute Gasteiger partial charge is 0.227 e. The van der Waals surface area contributed by atoms with Crippen LogP contribution in [0.2, 0.25) is 0 Å². The van der Waals surface area contributed by atoms with E-state index in [0.717, 1.165) is 66.2 Å². The molecule has 48 heavy (non-hydrogen) atoms. The van der Waals surface area contributed by atoms with E-state index in [0.29, 0.717) is 46.1 Å². The van der Waals surface area contributed by atoms with Gasteiger partial charge in [0.15, 0.2) is 0 Å². The Morgan fingerprint density at radius 3 is 2.35 bits per heavy atom. The Morgan fingerprint density at radius 1 is 0.896 bits per heavy atom. The third-order valence-corrected chi connectivity index (χ3v) is 8.43. The monoisotopic (exact) mass is 663 g/mol. The molecule has 11 nitrogen and oxygen atoms in total. The van der Waals surface area contributed by atoms with Crippen molar-refractivity contribution in [3.05, 3.63) is 54.1 Å². The quantitative estimate of drug-likeness (QED) is 0.191. The second kappa shape index (κ2) is 18.2. The Morgan fingerprint density at radius 2 is 1.60 bits per heavy atom. The van der Waals surface area contributed by atoms with Gasteiger partial charge >= 0.3 is 0 Å². The van der Waals surface area contributed by atoms with E-state index < -0.39 is 0 Å². The van der Waals surface area contributed by atoms with Crippen LogP contribution in [0.1, 0.15) is 53.4 Å². The normalized spacial score (nSPS) is 12.8. The average Bonchev–Trinajstić information content (AvgIpc) is 3.46. The van der Waals surface area contributed by atoms with E-state index in [2.05, 4.69) is 79.5 Å². The van der Waals surface area contributed by atoms with Gasteiger partial charge in [-0.15, -0.1) is 5.10 Å². The highest BCUT2D eigenvalue weighted by atomic mass is 16.5. The Labute approximate surface area is 288 Å². The number of rotatable bonds is 18. The molecule has 0 fully saturated rings. The zero-order chi connectivity index (χ0) is 34.5. The van der Waals surface area contributed by atoms with Crippen LogP contribution in [0.15, 0.2) is 48.5 Å². The molecule has 0 atom stereocenters. The summed E-state index contributed by atoms with van der Waals surface area (Å²) in [7, 11) is 6.34. The predicted octanol–water partition coefficient (Wildman–Crippen LogP) is 4.95. The highest BCUT2D eigenvalue weighted by Crippen LogP contribution is 2.41. The summed E-state index contributed by atoms with van der Waals surface area (Å²) in [5.74, 6) is -0.294. The molecule has 4 rings (SSSR count). The molecule has 0 saturated heterocycles. The molecule has 0 aliphatic carbocycles. The largest absolute Gasteiger partial charge is 0.379 e. The van der Waals surface area contributed by atoms with Crippen molar-refractivity contribution >= 4 is 17.5 Å². The van der Waals surface area contributed by atoms with Gasteiger partial charge in [0.25, 0.3) is 0 Å². The van der Waals surface area contributed by atoms with E-state index in [4.69, 9.17) is 9.47 Å². The summed E-state index contributed by atoms with van der Waals surface area (Å²) in [6.45, 7) is 13.1. The van der Waals surface area contributed by atoms with Crippen LogP contribution >= 0.6 is 0 Å². The van der Waals surface area contributed by atoms with Gasteiger partial charge in [0.1, 0.15) is 5.69 Å². The van der Waals surface area contributed by atoms with Gasteiger partial charge in [0.2, 0.25) is 11.8 Å². The van der Waals surface area contributed by atoms with Crippen molar-refractivity contribution in [1.82, 2.24) is 30.1 Å². The minimum absolute atomic E-state index is 0. The van der Waals surface area contributed by atoms with Crippen LogP contribution in [0.3, 0.4) is 0 Å². The van der Waals surface area contributed by atoms with Crippen LogP contribution in [0.4, 0.5) is 5.69 Å². The van der Waals surface area contributed by atoms with E-state index in [1.807, 2.05) is 41.1 Å². The number of fused-ring (bicyclic) bond motifs is 5. The van der Waals surface area contributed by atoms with Gasteiger partial charge in [-0.25, -0.2) is 4.68 Å². The molecule has 1 N–H and O–H groups in total. The van der Waals surface area contributed by atoms with Gasteiger partial charge in [-0.05, 0) is 64.1 Å². The van der Waals surface area contributed by atoms with Crippen molar-refractivity contribution in [2.75, 3.05) is 78.6 Å². The number of ether oxygens (including phenoxy) is 2. The third kappa shape index (κ3) is 11.2. The number of para-hydroxylation sites is 1. The fraction of sp³-hybridized carbons (Fsp3) is 0.568. The number of hydrogen-bond acceptors (Lipinski definition) is 8. The van der Waals surface area contributed by atoms with E-state index in [-0.39, 0.29) is 31.5 Å². The number of carbonyl (C=O) groups is 2. The zero-order valence-corrected chi connectivity index (χ0v) is 29.8. The number of hydrogen-bond donors (Lipinski definition) is 1. The highest BCUT2D eigenvalue weighted by molar-refractivity contribution is 6.01. The SMILES string of the molecule is CN(C)CCCN(C)CCn1nnc2c1-c1ccccc1CN(C(=O)CCC(=O)NCCOCCOCCC(C)(C)C)c1ccccc1-2.[HH]. The molecule has 1 aliphatic rings. The van der Waals surface area contributed by atoms with E-state index in [1.54, 1.807) is 4.90 Å². The summed E-state index contributed by atoms with van der Waals surface area (Å²) in [5.41, 5.74) is 5.61. The maximum absolute atomic E-state index is 13.8. The number of anilines is 1. The molecule has 1 aliphatic heterocycles. The Hall–Kier alpha value is -3.64. The maximum atomic E-state index is 13.8. The lowest BCUT2D eigenvalue weighted by atomic mass is 9.93.